The Labute approximate surface area is 150 Å². The van der Waals surface area contributed by atoms with E-state index in [0.717, 1.165) is 48.8 Å². The molecule has 2 aliphatic rings. The van der Waals surface area contributed by atoms with Crippen LogP contribution in [-0.4, -0.2) is 44.3 Å². The van der Waals surface area contributed by atoms with Gasteiger partial charge in [-0.1, -0.05) is 0 Å². The van der Waals surface area contributed by atoms with E-state index in [9.17, 15) is 4.79 Å². The molecule has 0 unspecified atom stereocenters. The predicted octanol–water partition coefficient (Wildman–Crippen LogP) is 3.29. The highest BCUT2D eigenvalue weighted by atomic mass is 16.3. The fraction of sp³-hybridized carbons (Fsp3) is 0.421. The molecule has 3 aromatic heterocycles. The molecule has 2 N–H and O–H groups in total. The van der Waals surface area contributed by atoms with E-state index in [1.807, 2.05) is 23.1 Å². The van der Waals surface area contributed by atoms with Gasteiger partial charge >= 0.3 is 0 Å². The van der Waals surface area contributed by atoms with E-state index in [1.54, 1.807) is 6.26 Å². The van der Waals surface area contributed by atoms with Gasteiger partial charge in [-0.3, -0.25) is 15.0 Å². The fourth-order valence-corrected chi connectivity index (χ4v) is 3.70. The van der Waals surface area contributed by atoms with Gasteiger partial charge < -0.3 is 9.32 Å². The molecule has 7 heteroatoms. The van der Waals surface area contributed by atoms with E-state index in [0.29, 0.717) is 17.5 Å². The second kappa shape index (κ2) is 6.16. The van der Waals surface area contributed by atoms with Crippen LogP contribution in [0.25, 0.3) is 11.5 Å². The van der Waals surface area contributed by atoms with E-state index in [-0.39, 0.29) is 5.91 Å². The topological polar surface area (TPSA) is 90.8 Å². The highest BCUT2D eigenvalue weighted by Crippen LogP contribution is 2.39. The van der Waals surface area contributed by atoms with Crippen molar-refractivity contribution in [3.63, 3.8) is 0 Å². The summed E-state index contributed by atoms with van der Waals surface area (Å²) in [5.74, 6) is 1.77. The van der Waals surface area contributed by atoms with Crippen LogP contribution in [0.4, 0.5) is 0 Å². The molecular weight excluding hydrogens is 330 g/mol. The lowest BCUT2D eigenvalue weighted by atomic mass is 9.93. The normalized spacial score (nSPS) is 18.4. The molecule has 26 heavy (non-hydrogen) atoms. The minimum atomic E-state index is 0.0347. The van der Waals surface area contributed by atoms with Crippen molar-refractivity contribution >= 4 is 5.91 Å². The van der Waals surface area contributed by atoms with Crippen LogP contribution in [0, 0.1) is 0 Å². The summed E-state index contributed by atoms with van der Waals surface area (Å²) in [6.07, 6.45) is 5.89. The lowest BCUT2D eigenvalue weighted by Gasteiger charge is -2.31. The number of hydrogen-bond acceptors (Lipinski definition) is 4. The van der Waals surface area contributed by atoms with Crippen LogP contribution >= 0.6 is 0 Å². The molecule has 3 aromatic rings. The minimum Gasteiger partial charge on any atom is -0.463 e. The number of aromatic nitrogens is 4. The number of aromatic amines is 2. The zero-order chi connectivity index (χ0) is 17.5. The van der Waals surface area contributed by atoms with Gasteiger partial charge in [0.2, 0.25) is 0 Å². The van der Waals surface area contributed by atoms with E-state index < -0.39 is 0 Å². The average Bonchev–Trinajstić information content (AvgIpc) is 3.14. The Balaban J connectivity index is 1.22. The Kier molecular flexibility index (Phi) is 3.65. The molecule has 1 aliphatic carbocycles. The molecule has 2 fully saturated rings. The van der Waals surface area contributed by atoms with Gasteiger partial charge in [-0.25, -0.2) is 0 Å². The summed E-state index contributed by atoms with van der Waals surface area (Å²) < 4.78 is 5.40. The number of hydrogen-bond donors (Lipinski definition) is 2. The standard InChI is InChI=1S/C19H21N5O2/c25-19(17-11-15(21-23-17)12-3-4-12)24-7-5-13(6-8-24)14-10-16(22-20-14)18-2-1-9-26-18/h1-2,9-13H,3-8H2,(H,20,22)(H,21,23). The first kappa shape index (κ1) is 15.4. The second-order valence-electron chi connectivity index (χ2n) is 7.24. The van der Waals surface area contributed by atoms with Crippen LogP contribution in [0.3, 0.4) is 0 Å². The Hall–Kier alpha value is -2.83. The van der Waals surface area contributed by atoms with Gasteiger partial charge in [0.1, 0.15) is 11.4 Å². The molecule has 0 radical (unpaired) electrons. The number of nitrogens with zero attached hydrogens (tertiary/aromatic N) is 3. The molecule has 0 spiro atoms. The van der Waals surface area contributed by atoms with Crippen molar-refractivity contribution in [3.05, 3.63) is 47.6 Å². The van der Waals surface area contributed by atoms with E-state index in [2.05, 4.69) is 26.5 Å². The summed E-state index contributed by atoms with van der Waals surface area (Å²) in [4.78, 5) is 14.6. The lowest BCUT2D eigenvalue weighted by molar-refractivity contribution is 0.0706. The fourth-order valence-electron chi connectivity index (χ4n) is 3.70. The van der Waals surface area contributed by atoms with Gasteiger partial charge in [-0.15, -0.1) is 0 Å². The summed E-state index contributed by atoms with van der Waals surface area (Å²) >= 11 is 0. The number of rotatable bonds is 4. The zero-order valence-electron chi connectivity index (χ0n) is 14.4. The van der Waals surface area contributed by atoms with E-state index >= 15 is 0 Å². The molecule has 1 saturated carbocycles. The van der Waals surface area contributed by atoms with Crippen LogP contribution in [0.15, 0.2) is 34.9 Å². The van der Waals surface area contributed by atoms with Crippen molar-refractivity contribution in [1.82, 2.24) is 25.3 Å². The first-order valence-electron chi connectivity index (χ1n) is 9.21. The van der Waals surface area contributed by atoms with Crippen molar-refractivity contribution in [2.24, 2.45) is 0 Å². The van der Waals surface area contributed by atoms with Gasteiger partial charge in [0, 0.05) is 36.3 Å². The molecule has 7 nitrogen and oxygen atoms in total. The van der Waals surface area contributed by atoms with Gasteiger partial charge in [0.05, 0.1) is 6.26 Å². The third kappa shape index (κ3) is 2.83. The number of amides is 1. The quantitative estimate of drug-likeness (QED) is 0.754. The van der Waals surface area contributed by atoms with Crippen LogP contribution in [0.2, 0.25) is 0 Å². The van der Waals surface area contributed by atoms with Crippen molar-refractivity contribution in [2.75, 3.05) is 13.1 Å². The van der Waals surface area contributed by atoms with Crippen molar-refractivity contribution in [3.8, 4) is 11.5 Å². The van der Waals surface area contributed by atoms with E-state index in [1.165, 1.54) is 12.8 Å². The summed E-state index contributed by atoms with van der Waals surface area (Å²) in [6.45, 7) is 1.48. The maximum Gasteiger partial charge on any atom is 0.274 e. The van der Waals surface area contributed by atoms with Gasteiger partial charge in [-0.2, -0.15) is 10.2 Å². The average molecular weight is 351 g/mol. The number of carbonyl (C=O) groups excluding carboxylic acids is 1. The number of carbonyl (C=O) groups is 1. The number of piperidine rings is 1. The second-order valence-corrected chi connectivity index (χ2v) is 7.24. The Bertz CT molecular complexity index is 898. The highest BCUT2D eigenvalue weighted by molar-refractivity contribution is 5.92. The number of nitrogens with one attached hydrogen (secondary N) is 2. The summed E-state index contributed by atoms with van der Waals surface area (Å²) in [7, 11) is 0. The zero-order valence-corrected chi connectivity index (χ0v) is 14.4. The summed E-state index contributed by atoms with van der Waals surface area (Å²) in [6, 6.07) is 7.74. The number of furan rings is 1. The third-order valence-corrected chi connectivity index (χ3v) is 5.43. The maximum absolute atomic E-state index is 12.7. The molecule has 0 atom stereocenters. The molecule has 0 bridgehead atoms. The van der Waals surface area contributed by atoms with Gasteiger partial charge in [0.25, 0.3) is 5.91 Å². The first-order valence-corrected chi connectivity index (χ1v) is 9.21. The van der Waals surface area contributed by atoms with Crippen LogP contribution < -0.4 is 0 Å². The third-order valence-electron chi connectivity index (χ3n) is 5.43. The molecule has 4 heterocycles. The van der Waals surface area contributed by atoms with Crippen molar-refractivity contribution < 1.29 is 9.21 Å². The minimum absolute atomic E-state index is 0.0347. The van der Waals surface area contributed by atoms with E-state index in [4.69, 9.17) is 4.42 Å². The van der Waals surface area contributed by atoms with Crippen molar-refractivity contribution in [2.45, 2.75) is 37.5 Å². The molecule has 5 rings (SSSR count). The largest absolute Gasteiger partial charge is 0.463 e. The predicted molar refractivity (Wildman–Crippen MR) is 94.7 cm³/mol. The van der Waals surface area contributed by atoms with Crippen LogP contribution in [-0.2, 0) is 0 Å². The molecule has 134 valence electrons. The monoisotopic (exact) mass is 351 g/mol. The van der Waals surface area contributed by atoms with Crippen LogP contribution in [0.1, 0.15) is 59.4 Å². The SMILES string of the molecule is O=C(c1cc(C2CC2)[nH]n1)N1CCC(c2cc(-c3ccco3)n[nH]2)CC1. The Morgan fingerprint density at radius 1 is 1.04 bits per heavy atom. The molecule has 1 amide bonds. The molecular formula is C19H21N5O2. The maximum atomic E-state index is 12.7. The summed E-state index contributed by atoms with van der Waals surface area (Å²) in [5.41, 5.74) is 3.59. The first-order chi connectivity index (χ1) is 12.8. The van der Waals surface area contributed by atoms with Crippen molar-refractivity contribution in [1.29, 1.82) is 0 Å². The summed E-state index contributed by atoms with van der Waals surface area (Å²) in [5, 5.41) is 14.7. The molecule has 1 aliphatic heterocycles. The van der Waals surface area contributed by atoms with Gasteiger partial charge in [0.15, 0.2) is 5.76 Å². The van der Waals surface area contributed by atoms with Crippen LogP contribution in [0.5, 0.6) is 0 Å². The lowest BCUT2D eigenvalue weighted by Crippen LogP contribution is -2.38. The Morgan fingerprint density at radius 2 is 1.77 bits per heavy atom. The number of H-pyrrole nitrogens is 2. The molecule has 0 aromatic carbocycles. The Morgan fingerprint density at radius 3 is 2.50 bits per heavy atom. The van der Waals surface area contributed by atoms with Gasteiger partial charge in [-0.05, 0) is 49.9 Å². The molecule has 1 saturated heterocycles. The number of likely N-dealkylation sites (tertiary alicyclic amines) is 1. The highest BCUT2D eigenvalue weighted by Gasteiger charge is 2.30. The smallest absolute Gasteiger partial charge is 0.274 e.